The molecule has 0 aliphatic heterocycles. The molecular formula is C13H10BrN3O2S. The van der Waals surface area contributed by atoms with Gasteiger partial charge in [-0.05, 0) is 58.4 Å². The quantitative estimate of drug-likeness (QED) is 0.830. The molecule has 3 N–H and O–H groups in total. The van der Waals surface area contributed by atoms with Crippen LogP contribution in [0.4, 0.5) is 11.4 Å². The van der Waals surface area contributed by atoms with Gasteiger partial charge in [0.1, 0.15) is 0 Å². The highest BCUT2D eigenvalue weighted by Gasteiger charge is 2.15. The first kappa shape index (κ1) is 14.4. The SMILES string of the molecule is N#Cc1ccc(S(=O)(=O)Nc2ccc(N)cc2Br)cc1. The fourth-order valence-electron chi connectivity index (χ4n) is 1.53. The Morgan fingerprint density at radius 2 is 1.80 bits per heavy atom. The van der Waals surface area contributed by atoms with Crippen molar-refractivity contribution in [3.05, 3.63) is 52.5 Å². The number of nitriles is 1. The molecule has 2 aromatic rings. The van der Waals surface area contributed by atoms with Crippen LogP contribution in [-0.2, 0) is 10.0 Å². The number of anilines is 2. The van der Waals surface area contributed by atoms with E-state index in [9.17, 15) is 8.42 Å². The Hall–Kier alpha value is -2.04. The minimum Gasteiger partial charge on any atom is -0.399 e. The zero-order valence-corrected chi connectivity index (χ0v) is 12.6. The molecule has 2 aromatic carbocycles. The largest absolute Gasteiger partial charge is 0.399 e. The monoisotopic (exact) mass is 351 g/mol. The van der Waals surface area contributed by atoms with Crippen LogP contribution in [0.5, 0.6) is 0 Å². The average molecular weight is 352 g/mol. The van der Waals surface area contributed by atoms with Crippen molar-refractivity contribution < 1.29 is 8.42 Å². The molecule has 0 aliphatic rings. The molecule has 0 aliphatic carbocycles. The molecule has 102 valence electrons. The smallest absolute Gasteiger partial charge is 0.261 e. The second-order valence-electron chi connectivity index (χ2n) is 3.98. The van der Waals surface area contributed by atoms with E-state index in [4.69, 9.17) is 11.0 Å². The Kier molecular flexibility index (Phi) is 3.97. The molecule has 0 heterocycles. The third-order valence-electron chi connectivity index (χ3n) is 2.53. The molecular weight excluding hydrogens is 342 g/mol. The molecule has 0 spiro atoms. The third kappa shape index (κ3) is 3.10. The van der Waals surface area contributed by atoms with Gasteiger partial charge in [0.2, 0.25) is 0 Å². The zero-order chi connectivity index (χ0) is 14.8. The van der Waals surface area contributed by atoms with E-state index >= 15 is 0 Å². The Balaban J connectivity index is 2.33. The second-order valence-corrected chi connectivity index (χ2v) is 6.52. The Morgan fingerprint density at radius 3 is 2.35 bits per heavy atom. The number of hydrogen-bond donors (Lipinski definition) is 2. The Morgan fingerprint density at radius 1 is 1.15 bits per heavy atom. The number of sulfonamides is 1. The molecule has 0 radical (unpaired) electrons. The molecule has 0 amide bonds. The van der Waals surface area contributed by atoms with Gasteiger partial charge in [-0.25, -0.2) is 8.42 Å². The van der Waals surface area contributed by atoms with E-state index in [0.29, 0.717) is 21.4 Å². The summed E-state index contributed by atoms with van der Waals surface area (Å²) >= 11 is 3.25. The van der Waals surface area contributed by atoms with Crippen molar-refractivity contribution in [3.8, 4) is 6.07 Å². The lowest BCUT2D eigenvalue weighted by Gasteiger charge is -2.10. The van der Waals surface area contributed by atoms with Crippen LogP contribution in [-0.4, -0.2) is 8.42 Å². The Bertz CT molecular complexity index is 780. The van der Waals surface area contributed by atoms with E-state index in [1.54, 1.807) is 18.2 Å². The van der Waals surface area contributed by atoms with Crippen LogP contribution >= 0.6 is 15.9 Å². The summed E-state index contributed by atoms with van der Waals surface area (Å²) in [5, 5.41) is 8.70. The first-order valence-electron chi connectivity index (χ1n) is 5.50. The van der Waals surface area contributed by atoms with Gasteiger partial charge in [-0.15, -0.1) is 0 Å². The number of halogens is 1. The van der Waals surface area contributed by atoms with Crippen LogP contribution in [0, 0.1) is 11.3 Å². The minimum absolute atomic E-state index is 0.0835. The highest BCUT2D eigenvalue weighted by Crippen LogP contribution is 2.27. The fraction of sp³-hybridized carbons (Fsp3) is 0. The Labute approximate surface area is 125 Å². The number of benzene rings is 2. The third-order valence-corrected chi connectivity index (χ3v) is 4.57. The molecule has 0 atom stereocenters. The molecule has 2 rings (SSSR count). The van der Waals surface area contributed by atoms with Crippen molar-refractivity contribution >= 4 is 37.3 Å². The number of nitrogens with zero attached hydrogens (tertiary/aromatic N) is 1. The summed E-state index contributed by atoms with van der Waals surface area (Å²) in [6.45, 7) is 0. The van der Waals surface area contributed by atoms with Gasteiger partial charge < -0.3 is 5.73 Å². The molecule has 20 heavy (non-hydrogen) atoms. The van der Waals surface area contributed by atoms with E-state index in [-0.39, 0.29) is 4.90 Å². The molecule has 0 fully saturated rings. The van der Waals surface area contributed by atoms with Gasteiger partial charge in [-0.2, -0.15) is 5.26 Å². The van der Waals surface area contributed by atoms with Crippen LogP contribution < -0.4 is 10.5 Å². The fourth-order valence-corrected chi connectivity index (χ4v) is 3.23. The van der Waals surface area contributed by atoms with Crippen LogP contribution in [0.1, 0.15) is 5.56 Å². The zero-order valence-electron chi connectivity index (χ0n) is 10.2. The highest BCUT2D eigenvalue weighted by atomic mass is 79.9. The van der Waals surface area contributed by atoms with Gasteiger partial charge in [0.25, 0.3) is 10.0 Å². The van der Waals surface area contributed by atoms with E-state index < -0.39 is 10.0 Å². The highest BCUT2D eigenvalue weighted by molar-refractivity contribution is 9.10. The van der Waals surface area contributed by atoms with Gasteiger partial charge >= 0.3 is 0 Å². The average Bonchev–Trinajstić information content (AvgIpc) is 2.42. The maximum absolute atomic E-state index is 12.2. The number of rotatable bonds is 3. The standard InChI is InChI=1S/C13H10BrN3O2S/c14-12-7-10(16)3-6-13(12)17-20(18,19)11-4-1-9(8-15)2-5-11/h1-7,17H,16H2. The van der Waals surface area contributed by atoms with E-state index in [1.807, 2.05) is 6.07 Å². The molecule has 0 bridgehead atoms. The molecule has 0 unspecified atom stereocenters. The normalized spacial score (nSPS) is 10.8. The van der Waals surface area contributed by atoms with Crippen molar-refractivity contribution in [2.24, 2.45) is 0 Å². The van der Waals surface area contributed by atoms with Crippen LogP contribution in [0.15, 0.2) is 51.8 Å². The van der Waals surface area contributed by atoms with Crippen molar-refractivity contribution in [1.82, 2.24) is 0 Å². The maximum atomic E-state index is 12.2. The topological polar surface area (TPSA) is 96.0 Å². The predicted molar refractivity (Wildman–Crippen MR) is 80.5 cm³/mol. The number of nitrogens with one attached hydrogen (secondary N) is 1. The van der Waals surface area contributed by atoms with Gasteiger partial charge in [-0.1, -0.05) is 0 Å². The number of nitrogens with two attached hydrogens (primary N) is 1. The van der Waals surface area contributed by atoms with E-state index in [1.165, 1.54) is 24.3 Å². The van der Waals surface area contributed by atoms with Crippen molar-refractivity contribution in [2.75, 3.05) is 10.5 Å². The van der Waals surface area contributed by atoms with E-state index in [2.05, 4.69) is 20.7 Å². The lowest BCUT2D eigenvalue weighted by Crippen LogP contribution is -2.13. The summed E-state index contributed by atoms with van der Waals surface area (Å²) in [6, 6.07) is 12.4. The van der Waals surface area contributed by atoms with Crippen LogP contribution in [0.25, 0.3) is 0 Å². The summed E-state index contributed by atoms with van der Waals surface area (Å²) < 4.78 is 27.4. The minimum atomic E-state index is -3.70. The van der Waals surface area contributed by atoms with Crippen LogP contribution in [0.3, 0.4) is 0 Å². The van der Waals surface area contributed by atoms with E-state index in [0.717, 1.165) is 0 Å². The van der Waals surface area contributed by atoms with Gasteiger partial charge in [-0.3, -0.25) is 4.72 Å². The second kappa shape index (κ2) is 5.53. The molecule has 0 saturated carbocycles. The molecule has 0 saturated heterocycles. The first-order chi connectivity index (χ1) is 9.42. The molecule has 0 aromatic heterocycles. The summed E-state index contributed by atoms with van der Waals surface area (Å²) in [6.07, 6.45) is 0. The summed E-state index contributed by atoms with van der Waals surface area (Å²) in [4.78, 5) is 0.0835. The van der Waals surface area contributed by atoms with Gasteiger partial charge in [0, 0.05) is 10.2 Å². The summed E-state index contributed by atoms with van der Waals surface area (Å²) in [7, 11) is -3.70. The summed E-state index contributed by atoms with van der Waals surface area (Å²) in [5.41, 5.74) is 6.92. The number of hydrogen-bond acceptors (Lipinski definition) is 4. The van der Waals surface area contributed by atoms with Crippen LogP contribution in [0.2, 0.25) is 0 Å². The van der Waals surface area contributed by atoms with Gasteiger partial charge in [0.05, 0.1) is 22.2 Å². The number of nitrogen functional groups attached to an aromatic ring is 1. The maximum Gasteiger partial charge on any atom is 0.261 e. The molecule has 7 heteroatoms. The van der Waals surface area contributed by atoms with Crippen molar-refractivity contribution in [3.63, 3.8) is 0 Å². The predicted octanol–water partition coefficient (Wildman–Crippen LogP) is 2.70. The van der Waals surface area contributed by atoms with Gasteiger partial charge in [0.15, 0.2) is 0 Å². The first-order valence-corrected chi connectivity index (χ1v) is 7.78. The summed E-state index contributed by atoms with van der Waals surface area (Å²) in [5.74, 6) is 0. The lowest BCUT2D eigenvalue weighted by molar-refractivity contribution is 0.601. The lowest BCUT2D eigenvalue weighted by atomic mass is 10.2. The van der Waals surface area contributed by atoms with Crippen molar-refractivity contribution in [2.45, 2.75) is 4.90 Å². The molecule has 5 nitrogen and oxygen atoms in total. The van der Waals surface area contributed by atoms with Crippen molar-refractivity contribution in [1.29, 1.82) is 5.26 Å².